The van der Waals surface area contributed by atoms with Crippen LogP contribution in [0.5, 0.6) is 5.75 Å². The number of ether oxygens (including phenoxy) is 1. The van der Waals surface area contributed by atoms with Crippen LogP contribution < -0.4 is 16.2 Å². The van der Waals surface area contributed by atoms with Gasteiger partial charge in [-0.15, -0.1) is 0 Å². The standard InChI is InChI=1S/C12H12F4N2O2/c13-6-3-7(14)9(16)10(8(6)15)20-4-12(18,11(17)19)5-1-2-5/h3,5H,1-2,4,18H2,(H2,17,19). The maximum absolute atomic E-state index is 13.4. The smallest absolute Gasteiger partial charge is 0.241 e. The zero-order valence-electron chi connectivity index (χ0n) is 10.3. The van der Waals surface area contributed by atoms with Crippen LogP contribution in [0.4, 0.5) is 17.6 Å². The van der Waals surface area contributed by atoms with E-state index >= 15 is 0 Å². The van der Waals surface area contributed by atoms with Crippen molar-refractivity contribution < 1.29 is 27.1 Å². The van der Waals surface area contributed by atoms with Gasteiger partial charge in [-0.3, -0.25) is 4.79 Å². The Morgan fingerprint density at radius 1 is 1.25 bits per heavy atom. The molecular formula is C12H12F4N2O2. The van der Waals surface area contributed by atoms with Crippen LogP contribution in [-0.2, 0) is 4.79 Å². The van der Waals surface area contributed by atoms with Crippen LogP contribution >= 0.6 is 0 Å². The first kappa shape index (κ1) is 14.6. The van der Waals surface area contributed by atoms with Gasteiger partial charge in [0.1, 0.15) is 12.1 Å². The number of carbonyl (C=O) groups excluding carboxylic acids is 1. The first-order valence-corrected chi connectivity index (χ1v) is 5.82. The molecule has 1 aromatic carbocycles. The number of nitrogens with two attached hydrogens (primary N) is 2. The van der Waals surface area contributed by atoms with Gasteiger partial charge in [-0.1, -0.05) is 0 Å². The van der Waals surface area contributed by atoms with Crippen LogP contribution in [-0.4, -0.2) is 18.1 Å². The Kier molecular flexibility index (Phi) is 3.59. The molecule has 0 radical (unpaired) electrons. The molecule has 1 aliphatic rings. The first-order chi connectivity index (χ1) is 9.27. The van der Waals surface area contributed by atoms with Gasteiger partial charge in [0.05, 0.1) is 0 Å². The van der Waals surface area contributed by atoms with Gasteiger partial charge >= 0.3 is 0 Å². The SMILES string of the molecule is NC(=O)C(N)(COc1c(F)c(F)cc(F)c1F)C1CC1. The molecule has 20 heavy (non-hydrogen) atoms. The largest absolute Gasteiger partial charge is 0.485 e. The minimum Gasteiger partial charge on any atom is -0.485 e. The third kappa shape index (κ3) is 2.43. The maximum Gasteiger partial charge on any atom is 0.241 e. The fourth-order valence-corrected chi connectivity index (χ4v) is 1.86. The number of rotatable bonds is 5. The van der Waals surface area contributed by atoms with Crippen molar-refractivity contribution >= 4 is 5.91 Å². The Labute approximate surface area is 111 Å². The summed E-state index contributed by atoms with van der Waals surface area (Å²) in [6.45, 7) is -0.663. The van der Waals surface area contributed by atoms with E-state index in [-0.39, 0.29) is 12.0 Å². The lowest BCUT2D eigenvalue weighted by Gasteiger charge is -2.25. The molecule has 1 saturated carbocycles. The molecule has 0 bridgehead atoms. The van der Waals surface area contributed by atoms with Gasteiger partial charge in [-0.25, -0.2) is 8.78 Å². The van der Waals surface area contributed by atoms with E-state index < -0.39 is 47.1 Å². The predicted octanol–water partition coefficient (Wildman–Crippen LogP) is 1.21. The summed E-state index contributed by atoms with van der Waals surface area (Å²) < 4.78 is 57.4. The molecule has 110 valence electrons. The molecule has 1 atom stereocenters. The summed E-state index contributed by atoms with van der Waals surface area (Å²) in [5, 5.41) is 0. The van der Waals surface area contributed by atoms with Crippen molar-refractivity contribution in [2.45, 2.75) is 18.4 Å². The first-order valence-electron chi connectivity index (χ1n) is 5.82. The zero-order chi connectivity index (χ0) is 15.1. The van der Waals surface area contributed by atoms with Crippen LogP contribution in [0.3, 0.4) is 0 Å². The minimum atomic E-state index is -1.69. The topological polar surface area (TPSA) is 78.3 Å². The predicted molar refractivity (Wildman–Crippen MR) is 60.6 cm³/mol. The highest BCUT2D eigenvalue weighted by Crippen LogP contribution is 2.39. The van der Waals surface area contributed by atoms with E-state index in [4.69, 9.17) is 16.2 Å². The monoisotopic (exact) mass is 292 g/mol. The molecule has 2 rings (SSSR count). The number of hydrogen-bond acceptors (Lipinski definition) is 3. The van der Waals surface area contributed by atoms with Crippen molar-refractivity contribution in [3.8, 4) is 5.75 Å². The molecule has 0 heterocycles. The Balaban J connectivity index is 2.25. The van der Waals surface area contributed by atoms with Crippen molar-refractivity contribution in [1.82, 2.24) is 0 Å². The van der Waals surface area contributed by atoms with Crippen LogP contribution in [0.2, 0.25) is 0 Å². The second kappa shape index (κ2) is 4.93. The number of primary amides is 1. The van der Waals surface area contributed by atoms with Crippen LogP contribution in [0.1, 0.15) is 12.8 Å². The molecule has 1 aromatic rings. The normalized spacial score (nSPS) is 17.6. The van der Waals surface area contributed by atoms with E-state index in [0.29, 0.717) is 12.8 Å². The van der Waals surface area contributed by atoms with E-state index in [0.717, 1.165) is 0 Å². The van der Waals surface area contributed by atoms with Crippen LogP contribution in [0, 0.1) is 29.2 Å². The molecule has 1 aliphatic carbocycles. The highest BCUT2D eigenvalue weighted by Gasteiger charge is 2.48. The van der Waals surface area contributed by atoms with Gasteiger partial charge in [0.2, 0.25) is 17.5 Å². The molecule has 0 aromatic heterocycles. The molecule has 0 saturated heterocycles. The Bertz CT molecular complexity index is 537. The van der Waals surface area contributed by atoms with E-state index in [9.17, 15) is 22.4 Å². The Morgan fingerprint density at radius 3 is 2.15 bits per heavy atom. The average Bonchev–Trinajstić information content (AvgIpc) is 3.20. The fraction of sp³-hybridized carbons (Fsp3) is 0.417. The Morgan fingerprint density at radius 2 is 1.75 bits per heavy atom. The summed E-state index contributed by atoms with van der Waals surface area (Å²) in [6.07, 6.45) is 1.23. The molecule has 0 spiro atoms. The van der Waals surface area contributed by atoms with Crippen molar-refractivity contribution in [3.63, 3.8) is 0 Å². The third-order valence-electron chi connectivity index (χ3n) is 3.29. The van der Waals surface area contributed by atoms with Gasteiger partial charge in [-0.05, 0) is 18.8 Å². The van der Waals surface area contributed by atoms with E-state index in [1.165, 1.54) is 0 Å². The van der Waals surface area contributed by atoms with Crippen molar-refractivity contribution in [2.75, 3.05) is 6.61 Å². The summed E-state index contributed by atoms with van der Waals surface area (Å²) in [4.78, 5) is 11.3. The van der Waals surface area contributed by atoms with Gasteiger partial charge in [0.25, 0.3) is 0 Å². The van der Waals surface area contributed by atoms with Gasteiger partial charge in [-0.2, -0.15) is 8.78 Å². The van der Waals surface area contributed by atoms with E-state index in [2.05, 4.69) is 0 Å². The fourth-order valence-electron chi connectivity index (χ4n) is 1.86. The molecule has 4 nitrogen and oxygen atoms in total. The third-order valence-corrected chi connectivity index (χ3v) is 3.29. The molecule has 1 amide bonds. The number of carbonyl (C=O) groups is 1. The van der Waals surface area contributed by atoms with Crippen LogP contribution in [0.15, 0.2) is 6.07 Å². The van der Waals surface area contributed by atoms with Gasteiger partial charge in [0, 0.05) is 6.07 Å². The van der Waals surface area contributed by atoms with Crippen LogP contribution in [0.25, 0.3) is 0 Å². The highest BCUT2D eigenvalue weighted by atomic mass is 19.2. The molecular weight excluding hydrogens is 280 g/mol. The van der Waals surface area contributed by atoms with Crippen molar-refractivity contribution in [3.05, 3.63) is 29.3 Å². The van der Waals surface area contributed by atoms with E-state index in [1.54, 1.807) is 0 Å². The summed E-state index contributed by atoms with van der Waals surface area (Å²) in [7, 11) is 0. The highest BCUT2D eigenvalue weighted by molar-refractivity contribution is 5.85. The minimum absolute atomic E-state index is 0.0577. The van der Waals surface area contributed by atoms with E-state index in [1.807, 2.05) is 0 Å². The second-order valence-electron chi connectivity index (χ2n) is 4.76. The lowest BCUT2D eigenvalue weighted by atomic mass is 9.95. The molecule has 1 unspecified atom stereocenters. The second-order valence-corrected chi connectivity index (χ2v) is 4.76. The molecule has 0 aliphatic heterocycles. The number of amides is 1. The van der Waals surface area contributed by atoms with Crippen molar-refractivity contribution in [1.29, 1.82) is 0 Å². The maximum atomic E-state index is 13.4. The lowest BCUT2D eigenvalue weighted by Crippen LogP contribution is -2.58. The molecule has 4 N–H and O–H groups in total. The van der Waals surface area contributed by atoms with Crippen molar-refractivity contribution in [2.24, 2.45) is 17.4 Å². The quantitative estimate of drug-likeness (QED) is 0.632. The number of benzene rings is 1. The van der Waals surface area contributed by atoms with Gasteiger partial charge < -0.3 is 16.2 Å². The number of halogens is 4. The summed E-state index contributed by atoms with van der Waals surface area (Å²) in [6, 6.07) is 0.0577. The summed E-state index contributed by atoms with van der Waals surface area (Å²) in [5.74, 6) is -9.02. The zero-order valence-corrected chi connectivity index (χ0v) is 10.3. The summed E-state index contributed by atoms with van der Waals surface area (Å²) in [5.41, 5.74) is 9.25. The Hall–Kier alpha value is -1.83. The average molecular weight is 292 g/mol. The van der Waals surface area contributed by atoms with Gasteiger partial charge in [0.15, 0.2) is 17.4 Å². The lowest BCUT2D eigenvalue weighted by molar-refractivity contribution is -0.125. The molecule has 8 heteroatoms. The molecule has 1 fully saturated rings. The summed E-state index contributed by atoms with van der Waals surface area (Å²) >= 11 is 0. The number of hydrogen-bond donors (Lipinski definition) is 2.